The number of carboxylic acid groups (broad SMARTS) is 1. The minimum atomic E-state index is -0.992. The zero-order valence-electron chi connectivity index (χ0n) is 8.48. The van der Waals surface area contributed by atoms with Crippen molar-refractivity contribution in [3.8, 4) is 0 Å². The summed E-state index contributed by atoms with van der Waals surface area (Å²) in [5.74, 6) is -1.39. The van der Waals surface area contributed by atoms with E-state index < -0.39 is 11.8 Å². The highest BCUT2D eigenvalue weighted by Crippen LogP contribution is 2.14. The number of aliphatic carboxylic acids is 1. The summed E-state index contributed by atoms with van der Waals surface area (Å²) < 4.78 is 13.3. The van der Waals surface area contributed by atoms with Crippen LogP contribution in [0.2, 0.25) is 0 Å². The molecule has 1 N–H and O–H groups in total. The van der Waals surface area contributed by atoms with Gasteiger partial charge in [0, 0.05) is 12.7 Å². The lowest BCUT2D eigenvalue weighted by Crippen LogP contribution is -2.31. The zero-order valence-corrected chi connectivity index (χ0v) is 8.48. The van der Waals surface area contributed by atoms with Crippen molar-refractivity contribution >= 4 is 11.8 Å². The molecule has 1 rings (SSSR count). The molecular weight excluding hydrogens is 199 g/mol. The Morgan fingerprint density at radius 2 is 2.40 bits per heavy atom. The van der Waals surface area contributed by atoms with E-state index in [9.17, 15) is 9.18 Å². The Hall–Kier alpha value is -1.65. The van der Waals surface area contributed by atoms with Gasteiger partial charge in [-0.3, -0.25) is 4.79 Å². The minimum absolute atomic E-state index is 0.0988. The lowest BCUT2D eigenvalue weighted by molar-refractivity contribution is -0.135. The highest BCUT2D eigenvalue weighted by Gasteiger charge is 2.14. The van der Waals surface area contributed by atoms with Gasteiger partial charge in [-0.1, -0.05) is 6.92 Å². The van der Waals surface area contributed by atoms with Crippen LogP contribution in [0.3, 0.4) is 0 Å². The van der Waals surface area contributed by atoms with Crippen molar-refractivity contribution in [2.45, 2.75) is 13.3 Å². The fourth-order valence-electron chi connectivity index (χ4n) is 1.30. The van der Waals surface area contributed by atoms with Crippen molar-refractivity contribution in [2.75, 3.05) is 18.0 Å². The van der Waals surface area contributed by atoms with Crippen molar-refractivity contribution < 1.29 is 14.3 Å². The highest BCUT2D eigenvalue weighted by atomic mass is 19.1. The Balaban J connectivity index is 2.88. The van der Waals surface area contributed by atoms with Gasteiger partial charge in [-0.2, -0.15) is 0 Å². The lowest BCUT2D eigenvalue weighted by atomic mass is 10.3. The molecule has 0 fully saturated rings. The largest absolute Gasteiger partial charge is 0.480 e. The standard InChI is InChI=1S/C10H13FN2O2/c1-2-6-13(7-9(14)15)10-8(11)4-3-5-12-10/h3-5H,2,6-7H2,1H3,(H,14,15). The second-order valence-corrected chi connectivity index (χ2v) is 3.12. The third-order valence-corrected chi connectivity index (χ3v) is 1.86. The normalized spacial score (nSPS) is 10.0. The van der Waals surface area contributed by atoms with Crippen LogP contribution in [0.4, 0.5) is 10.2 Å². The van der Waals surface area contributed by atoms with Crippen LogP contribution in [-0.4, -0.2) is 29.1 Å². The van der Waals surface area contributed by atoms with Crippen molar-refractivity contribution in [3.63, 3.8) is 0 Å². The van der Waals surface area contributed by atoms with Gasteiger partial charge in [0.05, 0.1) is 0 Å². The molecule has 0 spiro atoms. The van der Waals surface area contributed by atoms with E-state index in [1.165, 1.54) is 23.2 Å². The molecule has 5 heteroatoms. The molecule has 0 atom stereocenters. The zero-order chi connectivity index (χ0) is 11.3. The number of hydrogen-bond donors (Lipinski definition) is 1. The van der Waals surface area contributed by atoms with Gasteiger partial charge in [-0.15, -0.1) is 0 Å². The van der Waals surface area contributed by atoms with Gasteiger partial charge in [-0.05, 0) is 18.6 Å². The Kier molecular flexibility index (Phi) is 4.03. The lowest BCUT2D eigenvalue weighted by Gasteiger charge is -2.20. The molecule has 0 aromatic carbocycles. The van der Waals surface area contributed by atoms with E-state index in [0.717, 1.165) is 6.42 Å². The first-order valence-corrected chi connectivity index (χ1v) is 4.72. The number of carboxylic acids is 1. The summed E-state index contributed by atoms with van der Waals surface area (Å²) in [6.07, 6.45) is 2.19. The summed E-state index contributed by atoms with van der Waals surface area (Å²) in [6.45, 7) is 2.14. The molecule has 82 valence electrons. The average molecular weight is 212 g/mol. The fraction of sp³-hybridized carbons (Fsp3) is 0.400. The number of halogens is 1. The van der Waals surface area contributed by atoms with E-state index in [4.69, 9.17) is 5.11 Å². The molecule has 4 nitrogen and oxygen atoms in total. The molecule has 1 aromatic rings. The van der Waals surface area contributed by atoms with E-state index >= 15 is 0 Å². The van der Waals surface area contributed by atoms with E-state index in [0.29, 0.717) is 6.54 Å². The molecule has 0 saturated heterocycles. The first kappa shape index (κ1) is 11.4. The maximum Gasteiger partial charge on any atom is 0.323 e. The first-order chi connectivity index (χ1) is 7.15. The molecule has 1 heterocycles. The molecule has 0 aliphatic heterocycles. The maximum absolute atomic E-state index is 13.3. The molecule has 0 aliphatic carbocycles. The van der Waals surface area contributed by atoms with Crippen LogP contribution in [0, 0.1) is 5.82 Å². The SMILES string of the molecule is CCCN(CC(=O)O)c1ncccc1F. The average Bonchev–Trinajstić information content (AvgIpc) is 2.17. The van der Waals surface area contributed by atoms with Gasteiger partial charge >= 0.3 is 5.97 Å². The molecule has 0 unspecified atom stereocenters. The predicted octanol–water partition coefficient (Wildman–Crippen LogP) is 1.52. The van der Waals surface area contributed by atoms with Gasteiger partial charge in [-0.25, -0.2) is 9.37 Å². The second-order valence-electron chi connectivity index (χ2n) is 3.12. The first-order valence-electron chi connectivity index (χ1n) is 4.72. The smallest absolute Gasteiger partial charge is 0.323 e. The van der Waals surface area contributed by atoms with Gasteiger partial charge in [0.15, 0.2) is 11.6 Å². The highest BCUT2D eigenvalue weighted by molar-refractivity contribution is 5.73. The van der Waals surface area contributed by atoms with Crippen molar-refractivity contribution in [1.29, 1.82) is 0 Å². The minimum Gasteiger partial charge on any atom is -0.480 e. The van der Waals surface area contributed by atoms with E-state index in [1.807, 2.05) is 6.92 Å². The predicted molar refractivity (Wildman–Crippen MR) is 54.3 cm³/mol. The molecule has 0 radical (unpaired) electrons. The van der Waals surface area contributed by atoms with Crippen LogP contribution in [0.15, 0.2) is 18.3 Å². The molecular formula is C10H13FN2O2. The van der Waals surface area contributed by atoms with Gasteiger partial charge in [0.25, 0.3) is 0 Å². The van der Waals surface area contributed by atoms with E-state index in [2.05, 4.69) is 4.98 Å². The Labute approximate surface area is 87.4 Å². The van der Waals surface area contributed by atoms with Crippen LogP contribution in [0.25, 0.3) is 0 Å². The quantitative estimate of drug-likeness (QED) is 0.804. The third kappa shape index (κ3) is 3.19. The van der Waals surface area contributed by atoms with Gasteiger partial charge < -0.3 is 10.0 Å². The number of rotatable bonds is 5. The van der Waals surface area contributed by atoms with Gasteiger partial charge in [0.2, 0.25) is 0 Å². The summed E-state index contributed by atoms with van der Waals surface area (Å²) in [7, 11) is 0. The monoisotopic (exact) mass is 212 g/mol. The molecule has 0 bridgehead atoms. The van der Waals surface area contributed by atoms with Crippen molar-refractivity contribution in [1.82, 2.24) is 4.98 Å². The topological polar surface area (TPSA) is 53.4 Å². The fourth-order valence-corrected chi connectivity index (χ4v) is 1.30. The van der Waals surface area contributed by atoms with Gasteiger partial charge in [0.1, 0.15) is 6.54 Å². The van der Waals surface area contributed by atoms with Crippen LogP contribution in [-0.2, 0) is 4.79 Å². The number of hydrogen-bond acceptors (Lipinski definition) is 3. The van der Waals surface area contributed by atoms with Crippen LogP contribution < -0.4 is 4.90 Å². The Morgan fingerprint density at radius 3 is 2.93 bits per heavy atom. The number of anilines is 1. The summed E-state index contributed by atoms with van der Waals surface area (Å²) in [4.78, 5) is 15.8. The molecule has 1 aromatic heterocycles. The molecule has 0 amide bonds. The summed E-state index contributed by atoms with van der Waals surface area (Å²) in [5.41, 5.74) is 0. The number of nitrogens with zero attached hydrogens (tertiary/aromatic N) is 2. The number of pyridine rings is 1. The Bertz CT molecular complexity index is 344. The summed E-state index contributed by atoms with van der Waals surface area (Å²) in [5, 5.41) is 8.67. The third-order valence-electron chi connectivity index (χ3n) is 1.86. The molecule has 0 aliphatic rings. The molecule has 0 saturated carbocycles. The molecule has 15 heavy (non-hydrogen) atoms. The van der Waals surface area contributed by atoms with E-state index in [-0.39, 0.29) is 12.4 Å². The second kappa shape index (κ2) is 5.29. The van der Waals surface area contributed by atoms with Crippen LogP contribution >= 0.6 is 0 Å². The summed E-state index contributed by atoms with van der Waals surface area (Å²) >= 11 is 0. The van der Waals surface area contributed by atoms with Crippen LogP contribution in [0.1, 0.15) is 13.3 Å². The maximum atomic E-state index is 13.3. The number of carbonyl (C=O) groups is 1. The summed E-state index contributed by atoms with van der Waals surface area (Å²) in [6, 6.07) is 2.75. The number of aromatic nitrogens is 1. The van der Waals surface area contributed by atoms with Crippen LogP contribution in [0.5, 0.6) is 0 Å². The Morgan fingerprint density at radius 1 is 1.67 bits per heavy atom. The van der Waals surface area contributed by atoms with Crippen molar-refractivity contribution in [3.05, 3.63) is 24.1 Å². The van der Waals surface area contributed by atoms with E-state index in [1.54, 1.807) is 0 Å². The van der Waals surface area contributed by atoms with Crippen molar-refractivity contribution in [2.24, 2.45) is 0 Å².